The molecule has 8 heteroatoms. The summed E-state index contributed by atoms with van der Waals surface area (Å²) in [4.78, 5) is 12.5. The van der Waals surface area contributed by atoms with Gasteiger partial charge in [-0.15, -0.1) is 5.10 Å². The molecule has 144 valence electrons. The van der Waals surface area contributed by atoms with E-state index in [1.165, 1.54) is 0 Å². The fraction of sp³-hybridized carbons (Fsp3) is 0.250. The predicted molar refractivity (Wildman–Crippen MR) is 106 cm³/mol. The van der Waals surface area contributed by atoms with Crippen molar-refractivity contribution in [3.8, 4) is 5.75 Å². The van der Waals surface area contributed by atoms with Gasteiger partial charge < -0.3 is 14.8 Å². The zero-order valence-electron chi connectivity index (χ0n) is 15.3. The van der Waals surface area contributed by atoms with Crippen LogP contribution in [-0.2, 0) is 24.4 Å². The normalized spacial score (nSPS) is 15.7. The van der Waals surface area contributed by atoms with Crippen molar-refractivity contribution in [2.45, 2.75) is 25.8 Å². The molecule has 0 aliphatic carbocycles. The Morgan fingerprint density at radius 2 is 2.14 bits per heavy atom. The van der Waals surface area contributed by atoms with Crippen LogP contribution in [0.4, 0.5) is 0 Å². The van der Waals surface area contributed by atoms with Gasteiger partial charge in [0.25, 0.3) is 5.91 Å². The third-order valence-electron chi connectivity index (χ3n) is 4.64. The predicted octanol–water partition coefficient (Wildman–Crippen LogP) is 3.25. The number of hydrogen-bond acceptors (Lipinski definition) is 5. The summed E-state index contributed by atoms with van der Waals surface area (Å²) < 4.78 is 13.9. The molecule has 0 saturated carbocycles. The number of carbonyl (C=O) groups is 1. The molecule has 1 aliphatic heterocycles. The van der Waals surface area contributed by atoms with Crippen LogP contribution in [0.5, 0.6) is 5.75 Å². The van der Waals surface area contributed by atoms with Crippen molar-refractivity contribution in [2.75, 3.05) is 7.11 Å². The van der Waals surface area contributed by atoms with Gasteiger partial charge in [-0.2, -0.15) is 0 Å². The van der Waals surface area contributed by atoms with Crippen LogP contribution in [0, 0.1) is 0 Å². The second-order valence-corrected chi connectivity index (χ2v) is 7.37. The summed E-state index contributed by atoms with van der Waals surface area (Å²) in [5, 5.41) is 11.1. The van der Waals surface area contributed by atoms with Crippen LogP contribution >= 0.6 is 15.9 Å². The number of amides is 1. The van der Waals surface area contributed by atoms with E-state index in [-0.39, 0.29) is 18.6 Å². The van der Waals surface area contributed by atoms with Crippen LogP contribution < -0.4 is 10.1 Å². The minimum Gasteiger partial charge on any atom is -0.497 e. The Hall–Kier alpha value is -2.71. The van der Waals surface area contributed by atoms with Crippen molar-refractivity contribution in [2.24, 2.45) is 0 Å². The third-order valence-corrected chi connectivity index (χ3v) is 5.14. The number of carbonyl (C=O) groups excluding carboxylic acids is 1. The molecule has 1 aromatic heterocycles. The van der Waals surface area contributed by atoms with Crippen LogP contribution in [0.2, 0.25) is 0 Å². The number of methoxy groups -OCH3 is 1. The summed E-state index contributed by atoms with van der Waals surface area (Å²) in [6, 6.07) is 15.5. The summed E-state index contributed by atoms with van der Waals surface area (Å²) in [6.45, 7) is 1.21. The van der Waals surface area contributed by atoms with Crippen molar-refractivity contribution < 1.29 is 14.3 Å². The van der Waals surface area contributed by atoms with Gasteiger partial charge in [-0.3, -0.25) is 4.79 Å². The molecule has 7 nitrogen and oxygen atoms in total. The first-order chi connectivity index (χ1) is 13.6. The number of nitrogens with zero attached hydrogens (tertiary/aromatic N) is 3. The maximum absolute atomic E-state index is 12.5. The highest BCUT2D eigenvalue weighted by Gasteiger charge is 2.27. The maximum atomic E-state index is 12.5. The molecule has 0 fully saturated rings. The molecule has 1 unspecified atom stereocenters. The van der Waals surface area contributed by atoms with Gasteiger partial charge >= 0.3 is 0 Å². The van der Waals surface area contributed by atoms with E-state index in [1.54, 1.807) is 11.8 Å². The number of hydrogen-bond donors (Lipinski definition) is 1. The Labute approximate surface area is 170 Å². The van der Waals surface area contributed by atoms with Crippen molar-refractivity contribution in [1.29, 1.82) is 0 Å². The van der Waals surface area contributed by atoms with Gasteiger partial charge in [-0.05, 0) is 35.4 Å². The molecule has 0 saturated heterocycles. The van der Waals surface area contributed by atoms with Crippen LogP contribution in [0.25, 0.3) is 0 Å². The van der Waals surface area contributed by atoms with E-state index in [0.29, 0.717) is 24.5 Å². The number of rotatable bonds is 5. The topological polar surface area (TPSA) is 78.3 Å². The van der Waals surface area contributed by atoms with Crippen molar-refractivity contribution >= 4 is 21.8 Å². The highest BCUT2D eigenvalue weighted by atomic mass is 79.9. The molecule has 1 atom stereocenters. The Morgan fingerprint density at radius 3 is 2.89 bits per heavy atom. The summed E-state index contributed by atoms with van der Waals surface area (Å²) in [5.41, 5.74) is 3.03. The molecule has 3 aromatic rings. The lowest BCUT2D eigenvalue weighted by atomic mass is 10.1. The Bertz CT molecular complexity index is 987. The zero-order chi connectivity index (χ0) is 19.5. The standard InChI is InChI=1S/C20H19BrN4O3/c1-27-16-7-5-14(6-8-16)18-11-25-17(12-28-18)19(23-24-25)20(26)22-10-13-3-2-4-15(21)9-13/h2-9,18H,10-12H2,1H3,(H,22,26). The van der Waals surface area contributed by atoms with Crippen LogP contribution in [0.1, 0.15) is 33.4 Å². The van der Waals surface area contributed by atoms with E-state index >= 15 is 0 Å². The minimum atomic E-state index is -0.257. The van der Waals surface area contributed by atoms with Crippen molar-refractivity contribution in [3.05, 3.63) is 75.5 Å². The van der Waals surface area contributed by atoms with E-state index in [0.717, 1.165) is 21.3 Å². The first-order valence-electron chi connectivity index (χ1n) is 8.84. The summed E-state index contributed by atoms with van der Waals surface area (Å²) in [6.07, 6.45) is -0.141. The van der Waals surface area contributed by atoms with Crippen molar-refractivity contribution in [3.63, 3.8) is 0 Å². The average Bonchev–Trinajstić information content (AvgIpc) is 3.15. The zero-order valence-corrected chi connectivity index (χ0v) is 16.8. The lowest BCUT2D eigenvalue weighted by molar-refractivity contribution is -0.00179. The molecule has 1 N–H and O–H groups in total. The summed E-state index contributed by atoms with van der Waals surface area (Å²) in [7, 11) is 1.64. The van der Waals surface area contributed by atoms with E-state index in [9.17, 15) is 4.79 Å². The minimum absolute atomic E-state index is 0.141. The van der Waals surface area contributed by atoms with Gasteiger partial charge in [-0.1, -0.05) is 45.4 Å². The van der Waals surface area contributed by atoms with Gasteiger partial charge in [0, 0.05) is 11.0 Å². The van der Waals surface area contributed by atoms with Crippen LogP contribution in [0.15, 0.2) is 53.0 Å². The van der Waals surface area contributed by atoms with Gasteiger partial charge in [0.15, 0.2) is 5.69 Å². The largest absolute Gasteiger partial charge is 0.497 e. The number of nitrogens with one attached hydrogen (secondary N) is 1. The molecular formula is C20H19BrN4O3. The maximum Gasteiger partial charge on any atom is 0.274 e. The lowest BCUT2D eigenvalue weighted by Crippen LogP contribution is -2.27. The van der Waals surface area contributed by atoms with E-state index < -0.39 is 0 Å². The van der Waals surface area contributed by atoms with Gasteiger partial charge in [0.1, 0.15) is 11.9 Å². The smallest absolute Gasteiger partial charge is 0.274 e. The first kappa shape index (κ1) is 18.6. The molecule has 1 aliphatic rings. The van der Waals surface area contributed by atoms with E-state index in [4.69, 9.17) is 9.47 Å². The number of fused-ring (bicyclic) bond motifs is 1. The summed E-state index contributed by atoms with van der Waals surface area (Å²) >= 11 is 3.43. The van der Waals surface area contributed by atoms with E-state index in [2.05, 4.69) is 31.6 Å². The monoisotopic (exact) mass is 442 g/mol. The van der Waals surface area contributed by atoms with E-state index in [1.807, 2.05) is 48.5 Å². The molecular weight excluding hydrogens is 424 g/mol. The average molecular weight is 443 g/mol. The Kier molecular flexibility index (Phi) is 5.40. The summed E-state index contributed by atoms with van der Waals surface area (Å²) in [5.74, 6) is 0.540. The second kappa shape index (κ2) is 8.12. The molecule has 0 bridgehead atoms. The first-order valence-corrected chi connectivity index (χ1v) is 9.64. The van der Waals surface area contributed by atoms with Gasteiger partial charge in [0.05, 0.1) is 26.0 Å². The quantitative estimate of drug-likeness (QED) is 0.655. The molecule has 1 amide bonds. The van der Waals surface area contributed by atoms with Gasteiger partial charge in [0.2, 0.25) is 0 Å². The molecule has 0 spiro atoms. The SMILES string of the molecule is COc1ccc(C2Cn3nnc(C(=O)NCc4cccc(Br)c4)c3CO2)cc1. The lowest BCUT2D eigenvalue weighted by Gasteiger charge is -2.24. The number of benzene rings is 2. The number of halogens is 1. The molecule has 2 heterocycles. The third kappa shape index (κ3) is 3.93. The highest BCUT2D eigenvalue weighted by molar-refractivity contribution is 9.10. The molecule has 0 radical (unpaired) electrons. The van der Waals surface area contributed by atoms with Crippen LogP contribution in [-0.4, -0.2) is 28.0 Å². The molecule has 4 rings (SSSR count). The number of aromatic nitrogens is 3. The molecule has 2 aromatic carbocycles. The van der Waals surface area contributed by atoms with Gasteiger partial charge in [-0.25, -0.2) is 4.68 Å². The van der Waals surface area contributed by atoms with Crippen LogP contribution in [0.3, 0.4) is 0 Å². The Balaban J connectivity index is 1.43. The second-order valence-electron chi connectivity index (χ2n) is 6.45. The highest BCUT2D eigenvalue weighted by Crippen LogP contribution is 2.28. The number of ether oxygens (including phenoxy) is 2. The fourth-order valence-electron chi connectivity index (χ4n) is 3.12. The van der Waals surface area contributed by atoms with Crippen molar-refractivity contribution in [1.82, 2.24) is 20.3 Å². The Morgan fingerprint density at radius 1 is 1.32 bits per heavy atom. The fourth-order valence-corrected chi connectivity index (χ4v) is 3.57. The molecule has 28 heavy (non-hydrogen) atoms.